The lowest BCUT2D eigenvalue weighted by molar-refractivity contribution is 1.49. The summed E-state index contributed by atoms with van der Waals surface area (Å²) in [4.78, 5) is 0. The second kappa shape index (κ2) is 21.0. The number of benzene rings is 11. The molecule has 68 heavy (non-hydrogen) atoms. The minimum Gasteiger partial charge on any atom is -0.0622 e. The Morgan fingerprint density at radius 3 is 0.779 bits per heavy atom. The summed E-state index contributed by atoms with van der Waals surface area (Å²) in [7, 11) is -2.21. The van der Waals surface area contributed by atoms with Gasteiger partial charge in [-0.15, -0.1) is 0 Å². The Kier molecular flexibility index (Phi) is 13.9. The molecular weight excluding hydrogens is 874 g/mol. The largest absolute Gasteiger partial charge is 0.0622 e. The summed E-state index contributed by atoms with van der Waals surface area (Å²) in [6.45, 7) is 6.67. The molecule has 328 valence electrons. The Morgan fingerprint density at radius 1 is 0.206 bits per heavy atom. The first-order chi connectivity index (χ1) is 33.5. The van der Waals surface area contributed by atoms with Crippen molar-refractivity contribution in [3.05, 3.63) is 284 Å². The molecule has 0 unspecified atom stereocenters. The van der Waals surface area contributed by atoms with E-state index in [-0.39, 0.29) is 0 Å². The molecule has 11 rings (SSSR count). The molecular formula is C65H53P3. The van der Waals surface area contributed by atoms with Gasteiger partial charge < -0.3 is 0 Å². The van der Waals surface area contributed by atoms with Gasteiger partial charge in [0.05, 0.1) is 0 Å². The van der Waals surface area contributed by atoms with Gasteiger partial charge in [0.2, 0.25) is 0 Å². The molecule has 11 aromatic rings. The summed E-state index contributed by atoms with van der Waals surface area (Å²) < 4.78 is 0. The van der Waals surface area contributed by atoms with Crippen LogP contribution in [0.4, 0.5) is 0 Å². The van der Waals surface area contributed by atoms with E-state index in [9.17, 15) is 0 Å². The molecule has 0 radical (unpaired) electrons. The average Bonchev–Trinajstić information content (AvgIpc) is 3.40. The van der Waals surface area contributed by atoms with Crippen molar-refractivity contribution in [3.63, 3.8) is 0 Å². The molecule has 0 saturated heterocycles. The second-order valence-electron chi connectivity index (χ2n) is 17.1. The first-order valence-corrected chi connectivity index (χ1v) is 27.4. The summed E-state index contributed by atoms with van der Waals surface area (Å²) in [5, 5.41) is 17.7. The average molecular weight is 927 g/mol. The molecule has 0 fully saturated rings. The molecule has 0 bridgehead atoms. The maximum atomic E-state index is 2.42. The molecule has 11 aromatic carbocycles. The zero-order valence-corrected chi connectivity index (χ0v) is 41.4. The standard InChI is InChI=1S/C44H32P2.C21H21P/c1-5-19-35(20-6-1)45(36-21-7-2-8-22-36)41-31-29-33-17-13-15-27-39(33)43(41)44-40-28-16-14-18-34(40)30-32-42(44)46(37-23-9-3-10-24-37)38-25-11-4-12-26-38;1-16-10-4-7-13-19(16)22(20-14-8-5-11-17(20)2)21-15-9-6-12-18(21)3/h1-32H;4-15H,1-3H3. The summed E-state index contributed by atoms with van der Waals surface area (Å²) in [5.74, 6) is 0. The first kappa shape index (κ1) is 45.0. The summed E-state index contributed by atoms with van der Waals surface area (Å²) in [6, 6.07) is 98.2. The first-order valence-electron chi connectivity index (χ1n) is 23.4. The third-order valence-corrected chi connectivity index (χ3v) is 20.6. The van der Waals surface area contributed by atoms with Crippen molar-refractivity contribution in [2.45, 2.75) is 20.8 Å². The van der Waals surface area contributed by atoms with Crippen LogP contribution in [0.2, 0.25) is 0 Å². The zero-order chi connectivity index (χ0) is 46.2. The molecule has 0 nitrogen and oxygen atoms in total. The maximum Gasteiger partial charge on any atom is -0.000884 e. The van der Waals surface area contributed by atoms with Crippen LogP contribution in [0.3, 0.4) is 0 Å². The van der Waals surface area contributed by atoms with Gasteiger partial charge in [0.1, 0.15) is 0 Å². The molecule has 0 aromatic heterocycles. The lowest BCUT2D eigenvalue weighted by atomic mass is 9.93. The fourth-order valence-electron chi connectivity index (χ4n) is 9.41. The van der Waals surface area contributed by atoms with Gasteiger partial charge in [0, 0.05) is 0 Å². The molecule has 0 N–H and O–H groups in total. The highest BCUT2D eigenvalue weighted by Gasteiger charge is 2.28. The van der Waals surface area contributed by atoms with E-state index in [0.29, 0.717) is 0 Å². The smallest absolute Gasteiger partial charge is 0.000884 e. The van der Waals surface area contributed by atoms with Crippen LogP contribution in [0.5, 0.6) is 0 Å². The van der Waals surface area contributed by atoms with Crippen molar-refractivity contribution >= 4 is 93.1 Å². The lowest BCUT2D eigenvalue weighted by Gasteiger charge is -2.28. The maximum absolute atomic E-state index is 2.42. The molecule has 0 atom stereocenters. The third-order valence-electron chi connectivity index (χ3n) is 12.7. The van der Waals surface area contributed by atoms with Crippen LogP contribution < -0.4 is 47.7 Å². The molecule has 0 heterocycles. The highest BCUT2D eigenvalue weighted by atomic mass is 31.1. The van der Waals surface area contributed by atoms with Crippen LogP contribution in [0.15, 0.2) is 267 Å². The topological polar surface area (TPSA) is 0 Å². The van der Waals surface area contributed by atoms with E-state index < -0.39 is 23.8 Å². The monoisotopic (exact) mass is 926 g/mol. The van der Waals surface area contributed by atoms with E-state index in [1.165, 1.54) is 97.1 Å². The van der Waals surface area contributed by atoms with Gasteiger partial charge in [-0.3, -0.25) is 0 Å². The molecule has 0 spiro atoms. The van der Waals surface area contributed by atoms with Crippen molar-refractivity contribution in [2.24, 2.45) is 0 Å². The molecule has 0 saturated carbocycles. The van der Waals surface area contributed by atoms with E-state index in [1.807, 2.05) is 0 Å². The second-order valence-corrected chi connectivity index (χ2v) is 23.6. The SMILES string of the molecule is Cc1ccccc1P(c1ccccc1C)c1ccccc1C.c1ccc(P(c2ccccc2)c2ccc3ccccc3c2-c2c(P(c3ccccc3)c3ccccc3)ccc3ccccc23)cc1. The van der Waals surface area contributed by atoms with Gasteiger partial charge in [0.15, 0.2) is 0 Å². The van der Waals surface area contributed by atoms with Gasteiger partial charge in [0.25, 0.3) is 0 Å². The van der Waals surface area contributed by atoms with Crippen molar-refractivity contribution in [2.75, 3.05) is 0 Å². The van der Waals surface area contributed by atoms with E-state index >= 15 is 0 Å². The van der Waals surface area contributed by atoms with Gasteiger partial charge in [-0.05, 0) is 142 Å². The van der Waals surface area contributed by atoms with Crippen molar-refractivity contribution in [3.8, 4) is 11.1 Å². The normalized spacial score (nSPS) is 11.3. The van der Waals surface area contributed by atoms with E-state index in [4.69, 9.17) is 0 Å². The Balaban J connectivity index is 0.000000205. The van der Waals surface area contributed by atoms with Crippen LogP contribution in [-0.4, -0.2) is 0 Å². The number of rotatable bonds is 10. The quantitative estimate of drug-likeness (QED) is 0.120. The predicted octanol–water partition coefficient (Wildman–Crippen LogP) is 13.5. The molecule has 0 amide bonds. The predicted molar refractivity (Wildman–Crippen MR) is 304 cm³/mol. The van der Waals surface area contributed by atoms with Gasteiger partial charge in [-0.2, -0.15) is 0 Å². The summed E-state index contributed by atoms with van der Waals surface area (Å²) in [6.07, 6.45) is 0. The molecule has 0 aliphatic carbocycles. The number of fused-ring (bicyclic) bond motifs is 2. The van der Waals surface area contributed by atoms with Gasteiger partial charge in [-0.25, -0.2) is 0 Å². The van der Waals surface area contributed by atoms with Gasteiger partial charge >= 0.3 is 0 Å². The fourth-order valence-corrected chi connectivity index (χ4v) is 17.1. The Morgan fingerprint density at radius 2 is 0.471 bits per heavy atom. The molecule has 0 aliphatic rings. The Hall–Kier alpha value is -6.77. The Bertz CT molecular complexity index is 3090. The van der Waals surface area contributed by atoms with Crippen molar-refractivity contribution in [1.29, 1.82) is 0 Å². The van der Waals surface area contributed by atoms with E-state index in [1.54, 1.807) is 0 Å². The fraction of sp³-hybridized carbons (Fsp3) is 0.0462. The van der Waals surface area contributed by atoms with Crippen LogP contribution >= 0.6 is 23.8 Å². The number of hydrogen-bond acceptors (Lipinski definition) is 0. The van der Waals surface area contributed by atoms with E-state index in [0.717, 1.165) is 0 Å². The zero-order valence-electron chi connectivity index (χ0n) is 38.7. The Labute approximate surface area is 406 Å². The highest BCUT2D eigenvalue weighted by molar-refractivity contribution is 7.81. The minimum absolute atomic E-state index is 0.508. The summed E-state index contributed by atoms with van der Waals surface area (Å²) >= 11 is 0. The van der Waals surface area contributed by atoms with E-state index in [2.05, 4.69) is 288 Å². The molecule has 3 heteroatoms. The highest BCUT2D eigenvalue weighted by Crippen LogP contribution is 2.46. The number of aryl methyl sites for hydroxylation is 3. The lowest BCUT2D eigenvalue weighted by Crippen LogP contribution is -2.26. The summed E-state index contributed by atoms with van der Waals surface area (Å²) in [5.41, 5.74) is 6.83. The van der Waals surface area contributed by atoms with Crippen molar-refractivity contribution in [1.82, 2.24) is 0 Å². The van der Waals surface area contributed by atoms with Crippen LogP contribution in [0, 0.1) is 20.8 Å². The van der Waals surface area contributed by atoms with Crippen LogP contribution in [0.25, 0.3) is 32.7 Å². The van der Waals surface area contributed by atoms with Crippen LogP contribution in [-0.2, 0) is 0 Å². The van der Waals surface area contributed by atoms with Crippen LogP contribution in [0.1, 0.15) is 16.7 Å². The van der Waals surface area contributed by atoms with Gasteiger partial charge in [-0.1, -0.05) is 267 Å². The minimum atomic E-state index is -0.852. The van der Waals surface area contributed by atoms with Crippen molar-refractivity contribution < 1.29 is 0 Å². The molecule has 0 aliphatic heterocycles. The third kappa shape index (κ3) is 9.39. The number of hydrogen-bond donors (Lipinski definition) is 0.